The molecule has 5 heteroatoms. The lowest BCUT2D eigenvalue weighted by molar-refractivity contribution is -0.147. The Hall–Kier alpha value is -0.940. The minimum atomic E-state index is -0.978. The van der Waals surface area contributed by atoms with E-state index in [0.29, 0.717) is 5.56 Å². The molecule has 0 saturated heterocycles. The van der Waals surface area contributed by atoms with Gasteiger partial charge in [0.1, 0.15) is 5.82 Å². The molecule has 0 radical (unpaired) electrons. The van der Waals surface area contributed by atoms with Crippen LogP contribution in [0, 0.1) is 11.2 Å². The van der Waals surface area contributed by atoms with Gasteiger partial charge in [-0.2, -0.15) is 0 Å². The Balaban J connectivity index is 2.94. The van der Waals surface area contributed by atoms with Crippen molar-refractivity contribution in [3.8, 4) is 0 Å². The third kappa shape index (κ3) is 3.51. The van der Waals surface area contributed by atoms with Crippen LogP contribution in [0.4, 0.5) is 4.39 Å². The molecule has 1 rings (SSSR count). The molecule has 94 valence electrons. The normalized spacial score (nSPS) is 13.5. The second kappa shape index (κ2) is 5.14. The van der Waals surface area contributed by atoms with Crippen LogP contribution < -0.4 is 5.73 Å². The van der Waals surface area contributed by atoms with E-state index in [1.165, 1.54) is 6.07 Å². The maximum absolute atomic E-state index is 13.5. The SMILES string of the molecule is CC(C)(CC(N)c1cc(Br)ccc1F)C(=O)O. The zero-order valence-corrected chi connectivity index (χ0v) is 11.3. The van der Waals surface area contributed by atoms with Crippen LogP contribution in [0.5, 0.6) is 0 Å². The van der Waals surface area contributed by atoms with Gasteiger partial charge in [-0.25, -0.2) is 4.39 Å². The molecular weight excluding hydrogens is 289 g/mol. The fourth-order valence-electron chi connectivity index (χ4n) is 1.55. The fourth-order valence-corrected chi connectivity index (χ4v) is 1.92. The van der Waals surface area contributed by atoms with Crippen molar-refractivity contribution in [1.82, 2.24) is 0 Å². The van der Waals surface area contributed by atoms with Crippen molar-refractivity contribution in [3.63, 3.8) is 0 Å². The monoisotopic (exact) mass is 303 g/mol. The summed E-state index contributed by atoms with van der Waals surface area (Å²) in [6.45, 7) is 3.15. The zero-order valence-electron chi connectivity index (χ0n) is 9.71. The Bertz CT molecular complexity index is 435. The molecule has 0 heterocycles. The van der Waals surface area contributed by atoms with E-state index >= 15 is 0 Å². The van der Waals surface area contributed by atoms with Crippen molar-refractivity contribution in [3.05, 3.63) is 34.1 Å². The molecule has 1 unspecified atom stereocenters. The summed E-state index contributed by atoms with van der Waals surface area (Å²) in [6, 6.07) is 3.83. The van der Waals surface area contributed by atoms with Gasteiger partial charge in [0.15, 0.2) is 0 Å². The summed E-state index contributed by atoms with van der Waals surface area (Å²) in [6.07, 6.45) is 0.176. The Labute approximate surface area is 108 Å². The molecule has 0 spiro atoms. The molecule has 1 aromatic carbocycles. The first-order chi connectivity index (χ1) is 7.74. The first-order valence-corrected chi connectivity index (χ1v) is 5.97. The minimum absolute atomic E-state index is 0.176. The molecule has 0 aliphatic carbocycles. The summed E-state index contributed by atoms with van der Waals surface area (Å²) >= 11 is 3.23. The lowest BCUT2D eigenvalue weighted by Crippen LogP contribution is -2.29. The fraction of sp³-hybridized carbons (Fsp3) is 0.417. The Kier molecular flexibility index (Phi) is 4.27. The van der Waals surface area contributed by atoms with Crippen molar-refractivity contribution in [2.45, 2.75) is 26.3 Å². The van der Waals surface area contributed by atoms with Gasteiger partial charge >= 0.3 is 5.97 Å². The van der Waals surface area contributed by atoms with E-state index in [1.54, 1.807) is 26.0 Å². The van der Waals surface area contributed by atoms with Gasteiger partial charge in [0.05, 0.1) is 5.41 Å². The first kappa shape index (κ1) is 14.1. The highest BCUT2D eigenvalue weighted by Crippen LogP contribution is 2.31. The van der Waals surface area contributed by atoms with Crippen molar-refractivity contribution in [1.29, 1.82) is 0 Å². The minimum Gasteiger partial charge on any atom is -0.481 e. The topological polar surface area (TPSA) is 63.3 Å². The third-order valence-electron chi connectivity index (χ3n) is 2.67. The van der Waals surface area contributed by atoms with E-state index in [2.05, 4.69) is 15.9 Å². The van der Waals surface area contributed by atoms with Crippen LogP contribution in [0.25, 0.3) is 0 Å². The number of carboxylic acid groups (broad SMARTS) is 1. The molecular formula is C12H15BrFNO2. The molecule has 17 heavy (non-hydrogen) atoms. The van der Waals surface area contributed by atoms with Gasteiger partial charge < -0.3 is 10.8 Å². The first-order valence-electron chi connectivity index (χ1n) is 5.18. The van der Waals surface area contributed by atoms with Crippen molar-refractivity contribution in [2.75, 3.05) is 0 Å². The van der Waals surface area contributed by atoms with Crippen LogP contribution >= 0.6 is 15.9 Å². The van der Waals surface area contributed by atoms with Gasteiger partial charge in [0, 0.05) is 16.1 Å². The van der Waals surface area contributed by atoms with Crippen LogP contribution in [0.2, 0.25) is 0 Å². The van der Waals surface area contributed by atoms with Crippen molar-refractivity contribution < 1.29 is 14.3 Å². The Morgan fingerprint density at radius 2 is 2.18 bits per heavy atom. The molecule has 3 nitrogen and oxygen atoms in total. The van der Waals surface area contributed by atoms with E-state index in [4.69, 9.17) is 10.8 Å². The van der Waals surface area contributed by atoms with Gasteiger partial charge in [-0.15, -0.1) is 0 Å². The predicted molar refractivity (Wildman–Crippen MR) is 67.1 cm³/mol. The van der Waals surface area contributed by atoms with Crippen LogP contribution in [-0.4, -0.2) is 11.1 Å². The van der Waals surface area contributed by atoms with E-state index in [9.17, 15) is 9.18 Å². The lowest BCUT2D eigenvalue weighted by atomic mass is 9.84. The molecule has 0 fully saturated rings. The molecule has 0 bridgehead atoms. The molecule has 0 amide bonds. The maximum atomic E-state index is 13.5. The highest BCUT2D eigenvalue weighted by Gasteiger charge is 2.30. The number of aliphatic carboxylic acids is 1. The number of carboxylic acids is 1. The summed E-state index contributed by atoms with van der Waals surface area (Å²) in [5.41, 5.74) is 5.21. The summed E-state index contributed by atoms with van der Waals surface area (Å²) in [5.74, 6) is -1.36. The van der Waals surface area contributed by atoms with Gasteiger partial charge in [-0.05, 0) is 38.5 Å². The highest BCUT2D eigenvalue weighted by molar-refractivity contribution is 9.10. The summed E-state index contributed by atoms with van der Waals surface area (Å²) in [7, 11) is 0. The quantitative estimate of drug-likeness (QED) is 0.898. The highest BCUT2D eigenvalue weighted by atomic mass is 79.9. The van der Waals surface area contributed by atoms with Gasteiger partial charge in [0.2, 0.25) is 0 Å². The molecule has 3 N–H and O–H groups in total. The van der Waals surface area contributed by atoms with Crippen LogP contribution in [-0.2, 0) is 4.79 Å². The molecule has 0 aliphatic heterocycles. The second-order valence-corrected chi connectivity index (χ2v) is 5.58. The van der Waals surface area contributed by atoms with Gasteiger partial charge in [-0.1, -0.05) is 15.9 Å². The number of carbonyl (C=O) groups is 1. The van der Waals surface area contributed by atoms with E-state index in [-0.39, 0.29) is 6.42 Å². The number of nitrogens with two attached hydrogens (primary N) is 1. The Morgan fingerprint density at radius 1 is 1.59 bits per heavy atom. The lowest BCUT2D eigenvalue weighted by Gasteiger charge is -2.24. The third-order valence-corrected chi connectivity index (χ3v) is 3.16. The molecule has 0 aliphatic rings. The molecule has 0 saturated carbocycles. The summed E-state index contributed by atoms with van der Waals surface area (Å²) < 4.78 is 14.3. The smallest absolute Gasteiger partial charge is 0.309 e. The number of hydrogen-bond acceptors (Lipinski definition) is 2. The molecule has 1 atom stereocenters. The van der Waals surface area contributed by atoms with Crippen LogP contribution in [0.1, 0.15) is 31.9 Å². The van der Waals surface area contributed by atoms with E-state index in [1.807, 2.05) is 0 Å². The van der Waals surface area contributed by atoms with Crippen LogP contribution in [0.3, 0.4) is 0 Å². The van der Waals surface area contributed by atoms with Crippen molar-refractivity contribution in [2.24, 2.45) is 11.1 Å². The van der Waals surface area contributed by atoms with Crippen LogP contribution in [0.15, 0.2) is 22.7 Å². The standard InChI is InChI=1S/C12H15BrFNO2/c1-12(2,11(16)17)6-10(15)8-5-7(13)3-4-9(8)14/h3-5,10H,6,15H2,1-2H3,(H,16,17). The van der Waals surface area contributed by atoms with Crippen molar-refractivity contribution >= 4 is 21.9 Å². The Morgan fingerprint density at radius 3 is 2.71 bits per heavy atom. The average molecular weight is 304 g/mol. The van der Waals surface area contributed by atoms with Gasteiger partial charge in [0.25, 0.3) is 0 Å². The van der Waals surface area contributed by atoms with Gasteiger partial charge in [-0.3, -0.25) is 4.79 Å². The molecule has 1 aromatic rings. The zero-order chi connectivity index (χ0) is 13.2. The number of rotatable bonds is 4. The number of hydrogen-bond donors (Lipinski definition) is 2. The second-order valence-electron chi connectivity index (χ2n) is 4.67. The molecule has 0 aromatic heterocycles. The summed E-state index contributed by atoms with van der Waals surface area (Å²) in [5, 5.41) is 9.00. The maximum Gasteiger partial charge on any atom is 0.309 e. The predicted octanol–water partition coefficient (Wildman–Crippen LogP) is 3.09. The largest absolute Gasteiger partial charge is 0.481 e. The number of benzene rings is 1. The number of halogens is 2. The van der Waals surface area contributed by atoms with E-state index < -0.39 is 23.2 Å². The van der Waals surface area contributed by atoms with E-state index in [0.717, 1.165) is 4.47 Å². The summed E-state index contributed by atoms with van der Waals surface area (Å²) in [4.78, 5) is 11.0. The average Bonchev–Trinajstić information content (AvgIpc) is 2.20.